The number of hydrogen-bond acceptors (Lipinski definition) is 2. The molecule has 0 aromatic heterocycles. The normalized spacial score (nSPS) is 11.5. The van der Waals surface area contributed by atoms with Gasteiger partial charge in [-0.05, 0) is 31.8 Å². The number of alkyl halides is 3. The van der Waals surface area contributed by atoms with Crippen molar-refractivity contribution >= 4 is 28.3 Å². The van der Waals surface area contributed by atoms with Crippen molar-refractivity contribution in [3.63, 3.8) is 0 Å². The van der Waals surface area contributed by atoms with Gasteiger partial charge in [0.15, 0.2) is 0 Å². The fraction of sp³-hybridized carbons (Fsp3) is 0.500. The fourth-order valence-corrected chi connectivity index (χ4v) is 1.98. The van der Waals surface area contributed by atoms with Gasteiger partial charge in [-0.25, -0.2) is 0 Å². The van der Waals surface area contributed by atoms with Gasteiger partial charge in [-0.2, -0.15) is 13.2 Å². The summed E-state index contributed by atoms with van der Waals surface area (Å²) >= 11 is 3.07. The van der Waals surface area contributed by atoms with Crippen LogP contribution in [0.4, 0.5) is 13.2 Å². The van der Waals surface area contributed by atoms with Gasteiger partial charge in [0, 0.05) is 24.1 Å². The molecule has 1 aromatic rings. The van der Waals surface area contributed by atoms with Gasteiger partial charge in [-0.1, -0.05) is 22.0 Å². The maximum Gasteiger partial charge on any atom is 0.416 e. The lowest BCUT2D eigenvalue weighted by Gasteiger charge is -2.20. The summed E-state index contributed by atoms with van der Waals surface area (Å²) in [6.07, 6.45) is -4.32. The second kappa shape index (κ2) is 8.09. The minimum atomic E-state index is -4.32. The fourth-order valence-electron chi connectivity index (χ4n) is 1.62. The molecular weight excluding hydrogens is 344 g/mol. The van der Waals surface area contributed by atoms with Crippen molar-refractivity contribution < 1.29 is 13.2 Å². The van der Waals surface area contributed by atoms with Crippen LogP contribution in [0.3, 0.4) is 0 Å². The number of hydrogen-bond donors (Lipinski definition) is 1. The molecule has 7 heteroatoms. The van der Waals surface area contributed by atoms with E-state index in [4.69, 9.17) is 0 Å². The van der Waals surface area contributed by atoms with Crippen LogP contribution in [0.25, 0.3) is 0 Å². The van der Waals surface area contributed by atoms with Gasteiger partial charge in [0.25, 0.3) is 0 Å². The zero-order chi connectivity index (χ0) is 13.8. The van der Waals surface area contributed by atoms with E-state index in [-0.39, 0.29) is 19.0 Å². The summed E-state index contributed by atoms with van der Waals surface area (Å²) in [6.45, 7) is 1.72. The molecule has 110 valence electrons. The first-order valence-electron chi connectivity index (χ1n) is 5.53. The Bertz CT molecular complexity index is 399. The standard InChI is InChI=1S/C12H16BrF3N2.ClH/c1-17-5-6-18(2)8-9-3-4-10(13)7-11(9)12(14,15)16;/h3-4,7,17H,5-6,8H2,1-2H3;1H. The van der Waals surface area contributed by atoms with Crippen LogP contribution < -0.4 is 5.32 Å². The number of likely N-dealkylation sites (N-methyl/N-ethyl adjacent to an activating group) is 2. The van der Waals surface area contributed by atoms with Crippen LogP contribution in [0.15, 0.2) is 22.7 Å². The molecule has 0 saturated heterocycles. The first-order chi connectivity index (χ1) is 8.34. The van der Waals surface area contributed by atoms with Gasteiger partial charge in [-0.15, -0.1) is 12.4 Å². The summed E-state index contributed by atoms with van der Waals surface area (Å²) in [4.78, 5) is 1.86. The Labute approximate surface area is 125 Å². The van der Waals surface area contributed by atoms with E-state index < -0.39 is 11.7 Å². The Morgan fingerprint density at radius 2 is 1.95 bits per heavy atom. The molecule has 1 N–H and O–H groups in total. The van der Waals surface area contributed by atoms with Gasteiger partial charge in [0.1, 0.15) is 0 Å². The number of nitrogens with zero attached hydrogens (tertiary/aromatic N) is 1. The molecule has 0 radical (unpaired) electrons. The quantitative estimate of drug-likeness (QED) is 0.863. The average Bonchev–Trinajstić information content (AvgIpc) is 2.27. The molecule has 0 heterocycles. The molecule has 0 bridgehead atoms. The number of halogens is 5. The summed E-state index contributed by atoms with van der Waals surface area (Å²) < 4.78 is 39.1. The monoisotopic (exact) mass is 360 g/mol. The van der Waals surface area contributed by atoms with E-state index >= 15 is 0 Å². The van der Waals surface area contributed by atoms with Crippen LogP contribution in [-0.4, -0.2) is 32.1 Å². The third kappa shape index (κ3) is 6.12. The third-order valence-electron chi connectivity index (χ3n) is 2.56. The number of rotatable bonds is 5. The van der Waals surface area contributed by atoms with Gasteiger partial charge in [-0.3, -0.25) is 0 Å². The Balaban J connectivity index is 0.00000324. The second-order valence-electron chi connectivity index (χ2n) is 4.14. The molecule has 0 atom stereocenters. The molecule has 0 aliphatic carbocycles. The zero-order valence-corrected chi connectivity index (χ0v) is 13.1. The molecule has 0 unspecified atom stereocenters. The Morgan fingerprint density at radius 3 is 2.47 bits per heavy atom. The summed E-state index contributed by atoms with van der Waals surface area (Å²) in [5.74, 6) is 0. The summed E-state index contributed by atoms with van der Waals surface area (Å²) in [5, 5.41) is 2.97. The lowest BCUT2D eigenvalue weighted by molar-refractivity contribution is -0.138. The lowest BCUT2D eigenvalue weighted by atomic mass is 10.1. The molecule has 19 heavy (non-hydrogen) atoms. The van der Waals surface area contributed by atoms with Gasteiger partial charge >= 0.3 is 6.18 Å². The third-order valence-corrected chi connectivity index (χ3v) is 3.05. The van der Waals surface area contributed by atoms with E-state index in [0.717, 1.165) is 12.6 Å². The van der Waals surface area contributed by atoms with Crippen molar-refractivity contribution in [1.82, 2.24) is 10.2 Å². The summed E-state index contributed by atoms with van der Waals surface area (Å²) in [6, 6.07) is 4.28. The van der Waals surface area contributed by atoms with E-state index in [9.17, 15) is 13.2 Å². The van der Waals surface area contributed by atoms with Crippen molar-refractivity contribution in [1.29, 1.82) is 0 Å². The van der Waals surface area contributed by atoms with Crippen LogP contribution in [0, 0.1) is 0 Å². The van der Waals surface area contributed by atoms with Gasteiger partial charge < -0.3 is 10.2 Å². The molecule has 0 saturated carbocycles. The maximum atomic E-state index is 12.9. The minimum absolute atomic E-state index is 0. The van der Waals surface area contributed by atoms with E-state index in [1.807, 2.05) is 11.9 Å². The smallest absolute Gasteiger partial charge is 0.318 e. The molecule has 0 aliphatic heterocycles. The topological polar surface area (TPSA) is 15.3 Å². The molecule has 1 rings (SSSR count). The lowest BCUT2D eigenvalue weighted by Crippen LogP contribution is -2.27. The highest BCUT2D eigenvalue weighted by atomic mass is 79.9. The van der Waals surface area contributed by atoms with Crippen LogP contribution in [0.1, 0.15) is 11.1 Å². The van der Waals surface area contributed by atoms with Crippen LogP contribution in [-0.2, 0) is 12.7 Å². The van der Waals surface area contributed by atoms with Crippen molar-refractivity contribution in [3.05, 3.63) is 33.8 Å². The van der Waals surface area contributed by atoms with Crippen LogP contribution in [0.2, 0.25) is 0 Å². The minimum Gasteiger partial charge on any atom is -0.318 e. The van der Waals surface area contributed by atoms with E-state index in [1.54, 1.807) is 13.1 Å². The molecule has 0 amide bonds. The second-order valence-corrected chi connectivity index (χ2v) is 5.06. The Kier molecular flexibility index (Phi) is 7.96. The summed E-state index contributed by atoms with van der Waals surface area (Å²) in [7, 11) is 3.62. The average molecular weight is 362 g/mol. The zero-order valence-electron chi connectivity index (χ0n) is 10.7. The first-order valence-corrected chi connectivity index (χ1v) is 6.32. The van der Waals surface area contributed by atoms with Crippen molar-refractivity contribution in [2.45, 2.75) is 12.7 Å². The highest BCUT2D eigenvalue weighted by Gasteiger charge is 2.33. The molecule has 1 aromatic carbocycles. The Hall–Kier alpha value is -0.300. The van der Waals surface area contributed by atoms with Crippen molar-refractivity contribution in [3.8, 4) is 0 Å². The van der Waals surface area contributed by atoms with Crippen molar-refractivity contribution in [2.24, 2.45) is 0 Å². The Morgan fingerprint density at radius 1 is 1.32 bits per heavy atom. The molecular formula is C12H17BrClF3N2. The summed E-state index contributed by atoms with van der Waals surface area (Å²) in [5.41, 5.74) is -0.280. The number of benzene rings is 1. The largest absolute Gasteiger partial charge is 0.416 e. The van der Waals surface area contributed by atoms with Gasteiger partial charge in [0.2, 0.25) is 0 Å². The molecule has 2 nitrogen and oxygen atoms in total. The van der Waals surface area contributed by atoms with Crippen LogP contribution in [0.5, 0.6) is 0 Å². The van der Waals surface area contributed by atoms with Crippen LogP contribution >= 0.6 is 28.3 Å². The SMILES string of the molecule is CNCCN(C)Cc1ccc(Br)cc1C(F)(F)F.Cl. The van der Waals surface area contributed by atoms with E-state index in [1.165, 1.54) is 6.07 Å². The van der Waals surface area contributed by atoms with E-state index in [2.05, 4.69) is 21.2 Å². The highest BCUT2D eigenvalue weighted by Crippen LogP contribution is 2.34. The molecule has 0 aliphatic rings. The highest BCUT2D eigenvalue weighted by molar-refractivity contribution is 9.10. The van der Waals surface area contributed by atoms with E-state index in [0.29, 0.717) is 16.6 Å². The molecule has 0 spiro atoms. The maximum absolute atomic E-state index is 12.9. The predicted octanol–water partition coefficient (Wildman–Crippen LogP) is 3.54. The predicted molar refractivity (Wildman–Crippen MR) is 76.7 cm³/mol. The first kappa shape index (κ1) is 18.7. The number of nitrogens with one attached hydrogen (secondary N) is 1. The van der Waals surface area contributed by atoms with Gasteiger partial charge in [0.05, 0.1) is 5.56 Å². The molecule has 0 fully saturated rings. The van der Waals surface area contributed by atoms with Crippen molar-refractivity contribution in [2.75, 3.05) is 27.2 Å².